The lowest BCUT2D eigenvalue weighted by molar-refractivity contribution is 1.08. The van der Waals surface area contributed by atoms with E-state index in [1.54, 1.807) is 11.8 Å². The first kappa shape index (κ1) is 29.5. The molecule has 0 aliphatic heterocycles. The fourth-order valence-electron chi connectivity index (χ4n) is 7.43. The smallest absolute Gasteiger partial charge is 0.138 e. The number of aromatic nitrogens is 3. The summed E-state index contributed by atoms with van der Waals surface area (Å²) in [5.74, 6) is 0.907. The summed E-state index contributed by atoms with van der Waals surface area (Å²) in [5.41, 5.74) is 10.3. The molecule has 240 valence electrons. The Morgan fingerprint density at radius 1 is 0.353 bits per heavy atom. The molecule has 0 bridgehead atoms. The molecule has 0 unspecified atom stereocenters. The van der Waals surface area contributed by atoms with Crippen LogP contribution in [0.3, 0.4) is 0 Å². The molecule has 0 atom stereocenters. The number of hydrogen-bond acceptors (Lipinski definition) is 2. The molecule has 0 radical (unpaired) electrons. The molecule has 3 nitrogen and oxygen atoms in total. The third kappa shape index (κ3) is 5.11. The number of rotatable bonds is 6. The van der Waals surface area contributed by atoms with Crippen molar-refractivity contribution in [2.75, 3.05) is 0 Å². The maximum atomic E-state index is 5.22. The molecule has 51 heavy (non-hydrogen) atoms. The van der Waals surface area contributed by atoms with Crippen LogP contribution in [0, 0.1) is 0 Å². The number of fused-ring (bicyclic) bond motifs is 6. The highest BCUT2D eigenvalue weighted by Gasteiger charge is 2.17. The molecule has 7 aromatic carbocycles. The van der Waals surface area contributed by atoms with Gasteiger partial charge in [0, 0.05) is 42.6 Å². The van der Waals surface area contributed by atoms with Crippen LogP contribution in [0.5, 0.6) is 0 Å². The fraction of sp³-hybridized carbons (Fsp3) is 0. The molecule has 4 heteroatoms. The largest absolute Gasteiger partial charge is 0.309 e. The van der Waals surface area contributed by atoms with Gasteiger partial charge in [0.25, 0.3) is 0 Å². The first-order valence-corrected chi connectivity index (χ1v) is 18.0. The monoisotopic (exact) mass is 669 g/mol. The lowest BCUT2D eigenvalue weighted by Gasteiger charge is -2.10. The summed E-state index contributed by atoms with van der Waals surface area (Å²) in [6.07, 6.45) is 0. The molecular formula is C47H31N3S. The van der Waals surface area contributed by atoms with Crippen LogP contribution in [0.15, 0.2) is 198 Å². The van der Waals surface area contributed by atoms with Gasteiger partial charge in [-0.3, -0.25) is 4.57 Å². The highest BCUT2D eigenvalue weighted by Crippen LogP contribution is 2.38. The van der Waals surface area contributed by atoms with Crippen molar-refractivity contribution in [3.63, 3.8) is 0 Å². The zero-order valence-corrected chi connectivity index (χ0v) is 28.5. The van der Waals surface area contributed by atoms with Gasteiger partial charge in [-0.05, 0) is 96.1 Å². The molecule has 0 fully saturated rings. The van der Waals surface area contributed by atoms with E-state index in [1.807, 2.05) is 0 Å². The maximum absolute atomic E-state index is 5.22. The van der Waals surface area contributed by atoms with E-state index in [0.717, 1.165) is 28.1 Å². The number of hydrogen-bond donors (Lipinski definition) is 0. The fourth-order valence-corrected chi connectivity index (χ4v) is 8.27. The summed E-state index contributed by atoms with van der Waals surface area (Å²) in [5, 5.41) is 4.93. The first-order valence-electron chi connectivity index (χ1n) is 17.2. The van der Waals surface area contributed by atoms with Gasteiger partial charge in [0.2, 0.25) is 0 Å². The SMILES string of the molecule is c1ccc(Sc2ccc(-c3cccc(-n4c5ccccc5c5cc(-c6ccc7c(c6)c6ccccc6n7-c6ccccc6)ccc54)n3)cc2)cc1. The van der Waals surface area contributed by atoms with E-state index in [4.69, 9.17) is 4.98 Å². The Morgan fingerprint density at radius 2 is 0.863 bits per heavy atom. The van der Waals surface area contributed by atoms with Crippen molar-refractivity contribution in [2.45, 2.75) is 9.79 Å². The molecule has 3 aromatic heterocycles. The number of para-hydroxylation sites is 3. The molecule has 0 saturated heterocycles. The van der Waals surface area contributed by atoms with Gasteiger partial charge in [-0.1, -0.05) is 115 Å². The van der Waals surface area contributed by atoms with Crippen LogP contribution in [0.4, 0.5) is 0 Å². The summed E-state index contributed by atoms with van der Waals surface area (Å²) < 4.78 is 4.67. The van der Waals surface area contributed by atoms with E-state index < -0.39 is 0 Å². The van der Waals surface area contributed by atoms with Gasteiger partial charge in [0.05, 0.1) is 27.8 Å². The van der Waals surface area contributed by atoms with Crippen LogP contribution in [0.1, 0.15) is 0 Å². The molecule has 0 N–H and O–H groups in total. The highest BCUT2D eigenvalue weighted by molar-refractivity contribution is 7.99. The molecule has 0 saturated carbocycles. The Balaban J connectivity index is 1.06. The Kier molecular flexibility index (Phi) is 7.07. The quantitative estimate of drug-likeness (QED) is 0.176. The van der Waals surface area contributed by atoms with Crippen LogP contribution in [-0.4, -0.2) is 14.1 Å². The summed E-state index contributed by atoms with van der Waals surface area (Å²) in [4.78, 5) is 7.67. The second-order valence-corrected chi connectivity index (χ2v) is 14.0. The second kappa shape index (κ2) is 12.2. The number of pyridine rings is 1. The summed E-state index contributed by atoms with van der Waals surface area (Å²) in [6, 6.07) is 67.2. The molecular weight excluding hydrogens is 639 g/mol. The van der Waals surface area contributed by atoms with Gasteiger partial charge in [0.1, 0.15) is 5.82 Å². The van der Waals surface area contributed by atoms with Crippen molar-refractivity contribution in [3.8, 4) is 33.9 Å². The molecule has 0 spiro atoms. The zero-order chi connectivity index (χ0) is 33.7. The second-order valence-electron chi connectivity index (χ2n) is 12.8. The molecule has 10 rings (SSSR count). The van der Waals surface area contributed by atoms with Gasteiger partial charge in [-0.25, -0.2) is 4.98 Å². The van der Waals surface area contributed by atoms with E-state index in [9.17, 15) is 0 Å². The zero-order valence-electron chi connectivity index (χ0n) is 27.6. The van der Waals surface area contributed by atoms with Crippen molar-refractivity contribution in [1.29, 1.82) is 0 Å². The van der Waals surface area contributed by atoms with Gasteiger partial charge in [-0.15, -0.1) is 0 Å². The van der Waals surface area contributed by atoms with Gasteiger partial charge in [-0.2, -0.15) is 0 Å². The third-order valence-corrected chi connectivity index (χ3v) is 10.8. The maximum Gasteiger partial charge on any atom is 0.138 e. The standard InChI is InChI=1S/C47H31N3S/c1-3-12-35(13-4-1)49-43-19-9-7-16-38(43)40-30-33(24-28-45(40)49)34-25-29-46-41(31-34)39-17-8-10-20-44(39)50(46)47-21-11-18-42(48-47)32-22-26-37(27-23-32)51-36-14-5-2-6-15-36/h1-31H. The van der Waals surface area contributed by atoms with E-state index in [2.05, 4.69) is 197 Å². The molecule has 0 aliphatic carbocycles. The summed E-state index contributed by atoms with van der Waals surface area (Å²) in [6.45, 7) is 0. The average molecular weight is 670 g/mol. The average Bonchev–Trinajstić information content (AvgIpc) is 3.71. The van der Waals surface area contributed by atoms with E-state index in [-0.39, 0.29) is 0 Å². The molecule has 0 amide bonds. The lowest BCUT2D eigenvalue weighted by Crippen LogP contribution is -1.98. The predicted octanol–water partition coefficient (Wildman–Crippen LogP) is 12.8. The summed E-state index contributed by atoms with van der Waals surface area (Å²) in [7, 11) is 0. The third-order valence-electron chi connectivity index (χ3n) is 9.79. The van der Waals surface area contributed by atoms with Crippen LogP contribution in [0.25, 0.3) is 77.5 Å². The lowest BCUT2D eigenvalue weighted by atomic mass is 10.0. The van der Waals surface area contributed by atoms with Crippen molar-refractivity contribution in [3.05, 3.63) is 188 Å². The topological polar surface area (TPSA) is 22.8 Å². The van der Waals surface area contributed by atoms with Crippen LogP contribution in [-0.2, 0) is 0 Å². The predicted molar refractivity (Wildman–Crippen MR) is 214 cm³/mol. The van der Waals surface area contributed by atoms with Gasteiger partial charge >= 0.3 is 0 Å². The normalized spacial score (nSPS) is 11.6. The number of benzene rings is 7. The minimum Gasteiger partial charge on any atom is -0.309 e. The van der Waals surface area contributed by atoms with Crippen molar-refractivity contribution >= 4 is 55.4 Å². The van der Waals surface area contributed by atoms with Crippen LogP contribution in [0.2, 0.25) is 0 Å². The minimum atomic E-state index is 0.907. The van der Waals surface area contributed by atoms with E-state index >= 15 is 0 Å². The van der Waals surface area contributed by atoms with Crippen molar-refractivity contribution < 1.29 is 0 Å². The van der Waals surface area contributed by atoms with Crippen molar-refractivity contribution in [1.82, 2.24) is 14.1 Å². The van der Waals surface area contributed by atoms with Crippen LogP contribution >= 0.6 is 11.8 Å². The van der Waals surface area contributed by atoms with Gasteiger partial charge < -0.3 is 4.57 Å². The molecule has 0 aliphatic rings. The van der Waals surface area contributed by atoms with E-state index in [1.165, 1.54) is 59.2 Å². The van der Waals surface area contributed by atoms with Crippen molar-refractivity contribution in [2.24, 2.45) is 0 Å². The summed E-state index contributed by atoms with van der Waals surface area (Å²) >= 11 is 1.77. The molecule has 10 aromatic rings. The minimum absolute atomic E-state index is 0.907. The van der Waals surface area contributed by atoms with E-state index in [0.29, 0.717) is 0 Å². The highest BCUT2D eigenvalue weighted by atomic mass is 32.2. The Morgan fingerprint density at radius 3 is 1.53 bits per heavy atom. The Bertz CT molecular complexity index is 2870. The molecule has 3 heterocycles. The number of nitrogens with zero attached hydrogens (tertiary/aromatic N) is 3. The first-order chi connectivity index (χ1) is 25.3. The Hall–Kier alpha value is -6.36. The Labute approximate surface area is 300 Å². The van der Waals surface area contributed by atoms with Crippen LogP contribution < -0.4 is 0 Å². The van der Waals surface area contributed by atoms with Gasteiger partial charge in [0.15, 0.2) is 0 Å².